The second-order valence-corrected chi connectivity index (χ2v) is 12.1. The Morgan fingerprint density at radius 1 is 0.900 bits per heavy atom. The van der Waals surface area contributed by atoms with E-state index in [1.807, 2.05) is 4.90 Å². The Kier molecular flexibility index (Phi) is 8.10. The molecule has 0 aliphatic carbocycles. The first kappa shape index (κ1) is 26.9. The van der Waals surface area contributed by atoms with E-state index in [1.54, 1.807) is 0 Å². The third kappa shape index (κ3) is 5.76. The number of piperidine rings is 1. The van der Waals surface area contributed by atoms with Gasteiger partial charge in [0.15, 0.2) is 0 Å². The molecule has 3 heterocycles. The lowest BCUT2D eigenvalue weighted by Gasteiger charge is -2.32. The van der Waals surface area contributed by atoms with Crippen molar-refractivity contribution in [2.45, 2.75) is 58.4 Å². The molecule has 0 atom stereocenters. The number of rotatable bonds is 9. The summed E-state index contributed by atoms with van der Waals surface area (Å²) in [4.78, 5) is 18.0. The van der Waals surface area contributed by atoms with Crippen LogP contribution in [0.5, 0.6) is 5.75 Å². The van der Waals surface area contributed by atoms with Crippen LogP contribution in [0.1, 0.15) is 67.9 Å². The molecule has 40 heavy (non-hydrogen) atoms. The molecule has 1 amide bonds. The monoisotopic (exact) mass is 537 g/mol. The Labute approximate surface area is 238 Å². The number of ether oxygens (including phenoxy) is 1. The van der Waals surface area contributed by atoms with E-state index < -0.39 is 0 Å². The number of hydrogen-bond acceptors (Lipinski definition) is 3. The highest BCUT2D eigenvalue weighted by Gasteiger charge is 2.25. The third-order valence-corrected chi connectivity index (χ3v) is 8.77. The lowest BCUT2D eigenvalue weighted by molar-refractivity contribution is 0.0782. The SMILES string of the molecule is CC(C)Cn1c(C(=O)N2CCCC2)cc2c(OCCCN3CCC(c4ccc5ccccc5c4)CC3)cccc21. The van der Waals surface area contributed by atoms with Crippen LogP contribution in [0.4, 0.5) is 0 Å². The van der Waals surface area contributed by atoms with Gasteiger partial charge < -0.3 is 19.1 Å². The maximum atomic E-state index is 13.4. The number of carbonyl (C=O) groups is 1. The minimum Gasteiger partial charge on any atom is -0.493 e. The highest BCUT2D eigenvalue weighted by atomic mass is 16.5. The van der Waals surface area contributed by atoms with E-state index in [1.165, 1.54) is 29.2 Å². The minimum absolute atomic E-state index is 0.160. The summed E-state index contributed by atoms with van der Waals surface area (Å²) >= 11 is 0. The molecule has 2 aliphatic rings. The van der Waals surface area contributed by atoms with Crippen LogP contribution in [-0.4, -0.2) is 59.6 Å². The van der Waals surface area contributed by atoms with Gasteiger partial charge in [0, 0.05) is 31.6 Å². The van der Waals surface area contributed by atoms with Crippen LogP contribution in [0.15, 0.2) is 66.7 Å². The van der Waals surface area contributed by atoms with Gasteiger partial charge in [0.2, 0.25) is 0 Å². The van der Waals surface area contributed by atoms with Crippen molar-refractivity contribution in [1.82, 2.24) is 14.4 Å². The zero-order valence-corrected chi connectivity index (χ0v) is 24.1. The van der Waals surface area contributed by atoms with E-state index in [4.69, 9.17) is 4.74 Å². The maximum Gasteiger partial charge on any atom is 0.270 e. The van der Waals surface area contributed by atoms with Crippen LogP contribution < -0.4 is 4.74 Å². The standard InChI is InChI=1S/C35H43N3O2/c1-26(2)25-38-32-11-7-12-34(31(32)24-33(38)35(39)37-18-5-6-19-37)40-22-8-17-36-20-15-28(16-21-36)30-14-13-27-9-3-4-10-29(27)23-30/h3-4,7,9-14,23-24,26,28H,5-6,8,15-22,25H2,1-2H3. The van der Waals surface area contributed by atoms with Gasteiger partial charge in [0.05, 0.1) is 12.1 Å². The molecule has 3 aromatic carbocycles. The normalized spacial score (nSPS) is 16.9. The summed E-state index contributed by atoms with van der Waals surface area (Å²) in [5.41, 5.74) is 3.39. The molecule has 2 saturated heterocycles. The van der Waals surface area contributed by atoms with E-state index in [9.17, 15) is 4.79 Å². The smallest absolute Gasteiger partial charge is 0.270 e. The van der Waals surface area contributed by atoms with Gasteiger partial charge in [0.1, 0.15) is 11.4 Å². The fourth-order valence-electron chi connectivity index (χ4n) is 6.63. The lowest BCUT2D eigenvalue weighted by Crippen LogP contribution is -2.34. The molecule has 0 N–H and O–H groups in total. The van der Waals surface area contributed by atoms with E-state index in [0.29, 0.717) is 18.4 Å². The number of hydrogen-bond donors (Lipinski definition) is 0. The first-order valence-corrected chi connectivity index (χ1v) is 15.3. The second-order valence-electron chi connectivity index (χ2n) is 12.1. The zero-order chi connectivity index (χ0) is 27.5. The van der Waals surface area contributed by atoms with Crippen LogP contribution >= 0.6 is 0 Å². The summed E-state index contributed by atoms with van der Waals surface area (Å²) in [6.45, 7) is 11.0. The van der Waals surface area contributed by atoms with Gasteiger partial charge in [-0.25, -0.2) is 0 Å². The fraction of sp³-hybridized carbons (Fsp3) is 0.457. The predicted molar refractivity (Wildman–Crippen MR) is 164 cm³/mol. The molecule has 0 radical (unpaired) electrons. The van der Waals surface area contributed by atoms with Gasteiger partial charge in [0.25, 0.3) is 5.91 Å². The van der Waals surface area contributed by atoms with E-state index in [0.717, 1.165) is 80.9 Å². The molecule has 6 rings (SSSR count). The summed E-state index contributed by atoms with van der Waals surface area (Å²) in [6, 6.07) is 24.0. The van der Waals surface area contributed by atoms with Crippen molar-refractivity contribution in [3.63, 3.8) is 0 Å². The molecule has 0 unspecified atom stereocenters. The molecule has 5 heteroatoms. The van der Waals surface area contributed by atoms with Gasteiger partial charge in [-0.1, -0.05) is 62.4 Å². The maximum absolute atomic E-state index is 13.4. The van der Waals surface area contributed by atoms with Crippen molar-refractivity contribution < 1.29 is 9.53 Å². The van der Waals surface area contributed by atoms with Crippen molar-refractivity contribution in [3.05, 3.63) is 78.0 Å². The minimum atomic E-state index is 0.160. The molecular weight excluding hydrogens is 494 g/mol. The summed E-state index contributed by atoms with van der Waals surface area (Å²) in [7, 11) is 0. The average molecular weight is 538 g/mol. The van der Waals surface area contributed by atoms with Gasteiger partial charge in [-0.3, -0.25) is 4.79 Å². The molecule has 2 aliphatic heterocycles. The highest BCUT2D eigenvalue weighted by molar-refractivity contribution is 6.00. The van der Waals surface area contributed by atoms with Crippen LogP contribution in [0, 0.1) is 5.92 Å². The van der Waals surface area contributed by atoms with Crippen molar-refractivity contribution in [1.29, 1.82) is 0 Å². The number of likely N-dealkylation sites (tertiary alicyclic amines) is 2. The van der Waals surface area contributed by atoms with Crippen molar-refractivity contribution in [2.24, 2.45) is 5.92 Å². The number of aromatic nitrogens is 1. The Morgan fingerprint density at radius 3 is 2.45 bits per heavy atom. The highest BCUT2D eigenvalue weighted by Crippen LogP contribution is 2.32. The topological polar surface area (TPSA) is 37.7 Å². The number of nitrogens with zero attached hydrogens (tertiary/aromatic N) is 3. The van der Waals surface area contributed by atoms with Crippen molar-refractivity contribution >= 4 is 27.6 Å². The molecule has 210 valence electrons. The largest absolute Gasteiger partial charge is 0.493 e. The van der Waals surface area contributed by atoms with Crippen LogP contribution in [-0.2, 0) is 6.54 Å². The fourth-order valence-corrected chi connectivity index (χ4v) is 6.63. The number of amides is 1. The van der Waals surface area contributed by atoms with Crippen LogP contribution in [0.2, 0.25) is 0 Å². The second kappa shape index (κ2) is 12.1. The average Bonchev–Trinajstić information content (AvgIpc) is 3.64. The van der Waals surface area contributed by atoms with Crippen molar-refractivity contribution in [3.8, 4) is 5.75 Å². The summed E-state index contributed by atoms with van der Waals surface area (Å²) in [5.74, 6) is 2.16. The Morgan fingerprint density at radius 2 is 1.68 bits per heavy atom. The molecule has 0 saturated carbocycles. The molecule has 4 aromatic rings. The molecule has 0 bridgehead atoms. The van der Waals surface area contributed by atoms with E-state index in [2.05, 4.69) is 90.0 Å². The Bertz CT molecular complexity index is 1460. The van der Waals surface area contributed by atoms with Crippen molar-refractivity contribution in [2.75, 3.05) is 39.3 Å². The predicted octanol–water partition coefficient (Wildman–Crippen LogP) is 7.34. The zero-order valence-electron chi connectivity index (χ0n) is 24.1. The van der Waals surface area contributed by atoms with Gasteiger partial charge >= 0.3 is 0 Å². The Hall–Kier alpha value is -3.31. The molecule has 5 nitrogen and oxygen atoms in total. The van der Waals surface area contributed by atoms with E-state index >= 15 is 0 Å². The quantitative estimate of drug-likeness (QED) is 0.210. The van der Waals surface area contributed by atoms with Crippen LogP contribution in [0.3, 0.4) is 0 Å². The van der Waals surface area contributed by atoms with Gasteiger partial charge in [-0.15, -0.1) is 0 Å². The molecule has 1 aromatic heterocycles. The first-order chi connectivity index (χ1) is 19.6. The van der Waals surface area contributed by atoms with Crippen LogP contribution in [0.25, 0.3) is 21.7 Å². The van der Waals surface area contributed by atoms with Gasteiger partial charge in [-0.2, -0.15) is 0 Å². The third-order valence-electron chi connectivity index (χ3n) is 8.77. The Balaban J connectivity index is 1.05. The molecule has 0 spiro atoms. The van der Waals surface area contributed by atoms with E-state index in [-0.39, 0.29) is 5.91 Å². The first-order valence-electron chi connectivity index (χ1n) is 15.3. The van der Waals surface area contributed by atoms with Gasteiger partial charge in [-0.05, 0) is 91.6 Å². The summed E-state index contributed by atoms with van der Waals surface area (Å²) < 4.78 is 8.57. The number of benzene rings is 3. The number of fused-ring (bicyclic) bond motifs is 2. The number of carbonyl (C=O) groups excluding carboxylic acids is 1. The summed E-state index contributed by atoms with van der Waals surface area (Å²) in [5, 5.41) is 3.73. The summed E-state index contributed by atoms with van der Waals surface area (Å²) in [6.07, 6.45) is 5.64. The molecule has 2 fully saturated rings. The lowest BCUT2D eigenvalue weighted by atomic mass is 9.88. The molecular formula is C35H43N3O2.